The van der Waals surface area contributed by atoms with E-state index in [1.54, 1.807) is 20.0 Å². The fourth-order valence-electron chi connectivity index (χ4n) is 6.58. The van der Waals surface area contributed by atoms with E-state index in [0.717, 1.165) is 23.6 Å². The highest BCUT2D eigenvalue weighted by Gasteiger charge is 2.62. The van der Waals surface area contributed by atoms with E-state index < -0.39 is 74.8 Å². The summed E-state index contributed by atoms with van der Waals surface area (Å²) in [5.41, 5.74) is -1.47. The number of amides is 4. The molecule has 4 amide bonds. The number of nitrogens with one attached hydrogen (secondary N) is 3. The Kier molecular flexibility index (Phi) is 9.64. The minimum atomic E-state index is -3.86. The molecule has 48 heavy (non-hydrogen) atoms. The Morgan fingerprint density at radius 2 is 1.88 bits per heavy atom. The summed E-state index contributed by atoms with van der Waals surface area (Å²) >= 11 is 0. The SMILES string of the molecule is CC(C)OC(=O)N[C@H]1CCCCCC=C[C@@H]2C[C@@]2(C(=O)NS(=O)(=O)C2CC2)NC(=O)[C@@H]2C[C@@H](Oc3nccc4ccccc34)CN2C1=O. The largest absolute Gasteiger partial charge is 0.472 e. The van der Waals surface area contributed by atoms with Crippen LogP contribution < -0.4 is 20.1 Å². The number of benzene rings is 1. The average molecular weight is 682 g/mol. The van der Waals surface area contributed by atoms with Gasteiger partial charge in [0.05, 0.1) is 17.9 Å². The van der Waals surface area contributed by atoms with Crippen LogP contribution in [0.15, 0.2) is 48.7 Å². The van der Waals surface area contributed by atoms with Crippen molar-refractivity contribution in [2.45, 2.75) is 107 Å². The van der Waals surface area contributed by atoms with Crippen LogP contribution in [-0.4, -0.2) is 83.7 Å². The highest BCUT2D eigenvalue weighted by molar-refractivity contribution is 7.91. The molecule has 0 radical (unpaired) electrons. The minimum Gasteiger partial charge on any atom is -0.472 e. The molecular formula is C34H43N5O8S. The predicted octanol–water partition coefficient (Wildman–Crippen LogP) is 3.09. The quantitative estimate of drug-likeness (QED) is 0.371. The lowest BCUT2D eigenvalue weighted by Gasteiger charge is -2.29. The first-order valence-corrected chi connectivity index (χ1v) is 18.3. The van der Waals surface area contributed by atoms with Crippen LogP contribution in [0.2, 0.25) is 0 Å². The van der Waals surface area contributed by atoms with Crippen molar-refractivity contribution in [2.75, 3.05) is 6.54 Å². The van der Waals surface area contributed by atoms with Crippen molar-refractivity contribution in [3.8, 4) is 5.88 Å². The maximum atomic E-state index is 14.3. The number of alkyl carbamates (subject to hydrolysis) is 1. The molecule has 5 atom stereocenters. The molecule has 2 aliphatic carbocycles. The highest BCUT2D eigenvalue weighted by atomic mass is 32.2. The molecule has 0 bridgehead atoms. The molecule has 1 saturated heterocycles. The lowest BCUT2D eigenvalue weighted by molar-refractivity contribution is -0.141. The molecule has 3 N–H and O–H groups in total. The third kappa shape index (κ3) is 7.43. The summed E-state index contributed by atoms with van der Waals surface area (Å²) in [6, 6.07) is 7.41. The van der Waals surface area contributed by atoms with E-state index in [1.165, 1.54) is 4.90 Å². The number of ether oxygens (including phenoxy) is 2. The van der Waals surface area contributed by atoms with E-state index in [0.29, 0.717) is 38.0 Å². The summed E-state index contributed by atoms with van der Waals surface area (Å²) in [7, 11) is -3.86. The number of fused-ring (bicyclic) bond motifs is 3. The number of sulfonamides is 1. The molecule has 0 unspecified atom stereocenters. The summed E-state index contributed by atoms with van der Waals surface area (Å²) in [6.07, 6.45) is 8.24. The van der Waals surface area contributed by atoms with Crippen molar-refractivity contribution in [3.63, 3.8) is 0 Å². The van der Waals surface area contributed by atoms with Gasteiger partial charge in [-0.15, -0.1) is 0 Å². The van der Waals surface area contributed by atoms with Gasteiger partial charge in [-0.25, -0.2) is 18.2 Å². The summed E-state index contributed by atoms with van der Waals surface area (Å²) < 4.78 is 39.3. The average Bonchev–Trinajstić information content (AvgIpc) is 3.96. The number of hydrogen-bond donors (Lipinski definition) is 3. The first-order valence-electron chi connectivity index (χ1n) is 16.8. The number of pyridine rings is 1. The van der Waals surface area contributed by atoms with Gasteiger partial charge in [0.1, 0.15) is 23.7 Å². The summed E-state index contributed by atoms with van der Waals surface area (Å²) in [4.78, 5) is 60.5. The van der Waals surface area contributed by atoms with Crippen molar-refractivity contribution in [1.82, 2.24) is 25.2 Å². The lowest BCUT2D eigenvalue weighted by atomic mass is 10.0. The second-order valence-electron chi connectivity index (χ2n) is 13.5. The molecule has 1 aromatic carbocycles. The maximum absolute atomic E-state index is 14.3. The zero-order valence-corrected chi connectivity index (χ0v) is 28.0. The number of carbonyl (C=O) groups is 4. The van der Waals surface area contributed by atoms with E-state index in [-0.39, 0.29) is 19.4 Å². The normalized spacial score (nSPS) is 28.0. The number of hydrogen-bond acceptors (Lipinski definition) is 9. The Bertz CT molecular complexity index is 1700. The zero-order chi connectivity index (χ0) is 34.1. The van der Waals surface area contributed by atoms with Crippen LogP contribution in [0.4, 0.5) is 4.79 Å². The van der Waals surface area contributed by atoms with Gasteiger partial charge < -0.3 is 25.0 Å². The van der Waals surface area contributed by atoms with E-state index in [9.17, 15) is 27.6 Å². The molecule has 2 aromatic rings. The topological polar surface area (TPSA) is 173 Å². The molecule has 4 aliphatic rings. The van der Waals surface area contributed by atoms with Crippen LogP contribution in [0.5, 0.6) is 5.88 Å². The maximum Gasteiger partial charge on any atom is 0.408 e. The molecule has 2 aliphatic heterocycles. The number of rotatable bonds is 7. The van der Waals surface area contributed by atoms with Crippen LogP contribution in [0.25, 0.3) is 10.8 Å². The molecular weight excluding hydrogens is 638 g/mol. The van der Waals surface area contributed by atoms with Crippen molar-refractivity contribution in [1.29, 1.82) is 0 Å². The third-order valence-electron chi connectivity index (χ3n) is 9.39. The Hall–Kier alpha value is -4.20. The summed E-state index contributed by atoms with van der Waals surface area (Å²) in [6.45, 7) is 3.45. The van der Waals surface area contributed by atoms with Gasteiger partial charge in [-0.05, 0) is 69.9 Å². The standard InChI is InChI=1S/C34H43N5O8S/c1-21(2)46-33(43)36-27-13-7-5-3-4-6-11-23-19-34(23,32(42)38-48(44,45)25-14-15-25)37-29(40)28-18-24(20-39(28)31(27)41)47-30-26-12-9-8-10-22(26)16-17-35-30/h6,8-12,16-17,21,23-25,27-28H,3-5,7,13-15,18-20H2,1-2H3,(H,36,43)(H,37,40)(H,38,42)/t23-,24-,27+,28+,34-/m1/s1. The smallest absolute Gasteiger partial charge is 0.408 e. The molecule has 2 saturated carbocycles. The monoisotopic (exact) mass is 681 g/mol. The van der Waals surface area contributed by atoms with E-state index in [4.69, 9.17) is 9.47 Å². The number of aromatic nitrogens is 1. The van der Waals surface area contributed by atoms with Crippen LogP contribution >= 0.6 is 0 Å². The predicted molar refractivity (Wildman–Crippen MR) is 176 cm³/mol. The van der Waals surface area contributed by atoms with Gasteiger partial charge in [0.15, 0.2) is 0 Å². The minimum absolute atomic E-state index is 0.0256. The van der Waals surface area contributed by atoms with Gasteiger partial charge >= 0.3 is 6.09 Å². The first kappa shape index (κ1) is 33.7. The van der Waals surface area contributed by atoms with Crippen molar-refractivity contribution >= 4 is 44.6 Å². The van der Waals surface area contributed by atoms with Gasteiger partial charge in [-0.3, -0.25) is 19.1 Å². The molecule has 6 rings (SSSR count). The lowest BCUT2D eigenvalue weighted by Crippen LogP contribution is -2.58. The Morgan fingerprint density at radius 1 is 1.08 bits per heavy atom. The molecule has 14 heteroatoms. The molecule has 3 heterocycles. The van der Waals surface area contributed by atoms with E-state index in [2.05, 4.69) is 20.3 Å². The van der Waals surface area contributed by atoms with Crippen LogP contribution in [0.1, 0.15) is 71.6 Å². The van der Waals surface area contributed by atoms with Crippen LogP contribution in [0.3, 0.4) is 0 Å². The van der Waals surface area contributed by atoms with E-state index >= 15 is 0 Å². The van der Waals surface area contributed by atoms with Crippen molar-refractivity contribution in [2.24, 2.45) is 5.92 Å². The Labute approximate surface area is 280 Å². The summed E-state index contributed by atoms with van der Waals surface area (Å²) in [5.74, 6) is -1.89. The zero-order valence-electron chi connectivity index (χ0n) is 27.2. The second-order valence-corrected chi connectivity index (χ2v) is 15.4. The fraction of sp³-hybridized carbons (Fsp3) is 0.559. The van der Waals surface area contributed by atoms with Crippen molar-refractivity contribution < 1.29 is 37.1 Å². The second kappa shape index (κ2) is 13.7. The Morgan fingerprint density at radius 3 is 2.65 bits per heavy atom. The number of allylic oxidation sites excluding steroid dienone is 1. The molecule has 13 nitrogen and oxygen atoms in total. The highest BCUT2D eigenvalue weighted by Crippen LogP contribution is 2.46. The fourth-order valence-corrected chi connectivity index (χ4v) is 7.95. The van der Waals surface area contributed by atoms with Crippen LogP contribution in [-0.2, 0) is 29.1 Å². The molecule has 1 aromatic heterocycles. The third-order valence-corrected chi connectivity index (χ3v) is 11.2. The van der Waals surface area contributed by atoms with Gasteiger partial charge in [0.25, 0.3) is 5.91 Å². The molecule has 3 fully saturated rings. The number of carbonyl (C=O) groups excluding carboxylic acids is 4. The van der Waals surface area contributed by atoms with Gasteiger partial charge in [0, 0.05) is 23.9 Å². The van der Waals surface area contributed by atoms with Gasteiger partial charge in [-0.1, -0.05) is 43.2 Å². The van der Waals surface area contributed by atoms with Gasteiger partial charge in [0.2, 0.25) is 27.7 Å². The molecule has 258 valence electrons. The van der Waals surface area contributed by atoms with Crippen molar-refractivity contribution in [3.05, 3.63) is 48.7 Å². The first-order chi connectivity index (χ1) is 23.0. The van der Waals surface area contributed by atoms with Gasteiger partial charge in [-0.2, -0.15) is 0 Å². The number of nitrogens with zero attached hydrogens (tertiary/aromatic N) is 2. The molecule has 0 spiro atoms. The van der Waals surface area contributed by atoms with Crippen LogP contribution in [0, 0.1) is 5.92 Å². The summed E-state index contributed by atoms with van der Waals surface area (Å²) in [5, 5.41) is 6.65. The Balaban J connectivity index is 1.30. The van der Waals surface area contributed by atoms with E-state index in [1.807, 2.05) is 42.5 Å².